The van der Waals surface area contributed by atoms with Gasteiger partial charge in [-0.3, -0.25) is 9.89 Å². The van der Waals surface area contributed by atoms with Crippen LogP contribution >= 0.6 is 0 Å². The van der Waals surface area contributed by atoms with Crippen LogP contribution in [0.5, 0.6) is 0 Å². The third-order valence-electron chi connectivity index (χ3n) is 3.30. The molecular formula is C12H16N4O. The number of nitrogens with zero attached hydrogens (tertiary/aromatic N) is 2. The molecule has 0 aliphatic carbocycles. The van der Waals surface area contributed by atoms with Crippen LogP contribution in [0.3, 0.4) is 0 Å². The lowest BCUT2D eigenvalue weighted by atomic mass is 9.96. The van der Waals surface area contributed by atoms with Gasteiger partial charge in [0.25, 0.3) is 5.56 Å². The first-order valence-corrected chi connectivity index (χ1v) is 6.10. The Morgan fingerprint density at radius 3 is 3.18 bits per heavy atom. The minimum Gasteiger partial charge on any atom is -0.316 e. The molecule has 0 amide bonds. The topological polar surface area (TPSA) is 62.2 Å². The lowest BCUT2D eigenvalue weighted by Crippen LogP contribution is -2.31. The highest BCUT2D eigenvalue weighted by Gasteiger charge is 2.15. The van der Waals surface area contributed by atoms with E-state index in [0.717, 1.165) is 25.3 Å². The zero-order valence-electron chi connectivity index (χ0n) is 9.65. The van der Waals surface area contributed by atoms with Crippen molar-refractivity contribution in [3.05, 3.63) is 34.4 Å². The molecule has 0 aromatic carbocycles. The van der Waals surface area contributed by atoms with Crippen LogP contribution in [0, 0.1) is 5.92 Å². The molecule has 90 valence electrons. The van der Waals surface area contributed by atoms with Gasteiger partial charge in [0.2, 0.25) is 0 Å². The van der Waals surface area contributed by atoms with Crippen LogP contribution in [0.2, 0.25) is 0 Å². The predicted octanol–water partition coefficient (Wildman–Crippen LogP) is 0.565. The second kappa shape index (κ2) is 4.33. The number of hydrogen-bond donors (Lipinski definition) is 2. The first-order chi connectivity index (χ1) is 8.33. The zero-order valence-corrected chi connectivity index (χ0v) is 9.65. The first-order valence-electron chi connectivity index (χ1n) is 6.10. The number of pyridine rings is 1. The third kappa shape index (κ3) is 2.10. The van der Waals surface area contributed by atoms with Gasteiger partial charge in [0.15, 0.2) is 5.65 Å². The quantitative estimate of drug-likeness (QED) is 0.795. The summed E-state index contributed by atoms with van der Waals surface area (Å²) in [6, 6.07) is 5.13. The molecule has 0 radical (unpaired) electrons. The molecule has 0 bridgehead atoms. The van der Waals surface area contributed by atoms with Crippen LogP contribution in [-0.2, 0) is 6.42 Å². The average Bonchev–Trinajstić information content (AvgIpc) is 2.74. The number of H-pyrrole nitrogens is 1. The number of hydrogen-bond acceptors (Lipinski definition) is 3. The van der Waals surface area contributed by atoms with Gasteiger partial charge in [-0.25, -0.2) is 9.50 Å². The summed E-state index contributed by atoms with van der Waals surface area (Å²) in [6.45, 7) is 2.17. The van der Waals surface area contributed by atoms with E-state index in [-0.39, 0.29) is 5.56 Å². The molecule has 2 N–H and O–H groups in total. The second-order valence-corrected chi connectivity index (χ2v) is 4.64. The number of piperidine rings is 1. The van der Waals surface area contributed by atoms with E-state index in [1.807, 2.05) is 6.07 Å². The summed E-state index contributed by atoms with van der Waals surface area (Å²) in [5.41, 5.74) is 0.652. The number of nitrogens with one attached hydrogen (secondary N) is 2. The van der Waals surface area contributed by atoms with E-state index in [2.05, 4.69) is 15.4 Å². The van der Waals surface area contributed by atoms with Gasteiger partial charge >= 0.3 is 0 Å². The number of aromatic amines is 1. The minimum absolute atomic E-state index is 0.0528. The highest BCUT2D eigenvalue weighted by Crippen LogP contribution is 2.14. The smallest absolute Gasteiger partial charge is 0.271 e. The van der Waals surface area contributed by atoms with Crippen LogP contribution in [0.1, 0.15) is 18.7 Å². The molecule has 3 heterocycles. The highest BCUT2D eigenvalue weighted by molar-refractivity contribution is 5.36. The van der Waals surface area contributed by atoms with E-state index in [0.29, 0.717) is 11.6 Å². The molecule has 1 saturated heterocycles. The monoisotopic (exact) mass is 232 g/mol. The summed E-state index contributed by atoms with van der Waals surface area (Å²) in [6.07, 6.45) is 3.37. The van der Waals surface area contributed by atoms with E-state index in [9.17, 15) is 4.79 Å². The highest BCUT2D eigenvalue weighted by atomic mass is 16.1. The van der Waals surface area contributed by atoms with E-state index in [4.69, 9.17) is 0 Å². The van der Waals surface area contributed by atoms with E-state index in [1.54, 1.807) is 6.07 Å². The van der Waals surface area contributed by atoms with Crippen molar-refractivity contribution in [2.24, 2.45) is 5.92 Å². The van der Waals surface area contributed by atoms with Gasteiger partial charge in [0.1, 0.15) is 5.82 Å². The number of fused-ring (bicyclic) bond motifs is 1. The van der Waals surface area contributed by atoms with Crippen LogP contribution in [0.15, 0.2) is 23.0 Å². The van der Waals surface area contributed by atoms with Crippen molar-refractivity contribution in [1.82, 2.24) is 19.9 Å². The Morgan fingerprint density at radius 2 is 2.41 bits per heavy atom. The van der Waals surface area contributed by atoms with Gasteiger partial charge in [0.05, 0.1) is 0 Å². The molecule has 1 atom stereocenters. The van der Waals surface area contributed by atoms with Crippen molar-refractivity contribution in [1.29, 1.82) is 0 Å². The molecule has 0 spiro atoms. The normalized spacial score (nSPS) is 20.8. The fourth-order valence-corrected chi connectivity index (χ4v) is 2.43. The van der Waals surface area contributed by atoms with Gasteiger partial charge in [0, 0.05) is 12.5 Å². The summed E-state index contributed by atoms with van der Waals surface area (Å²) >= 11 is 0. The molecule has 1 unspecified atom stereocenters. The van der Waals surface area contributed by atoms with Gasteiger partial charge in [-0.05, 0) is 37.9 Å². The largest absolute Gasteiger partial charge is 0.316 e. The Labute approximate surface area is 98.9 Å². The molecule has 1 aliphatic rings. The summed E-state index contributed by atoms with van der Waals surface area (Å²) in [7, 11) is 0. The van der Waals surface area contributed by atoms with Crippen LogP contribution in [0.25, 0.3) is 5.65 Å². The van der Waals surface area contributed by atoms with Crippen LogP contribution in [-0.4, -0.2) is 27.7 Å². The Balaban J connectivity index is 1.85. The zero-order chi connectivity index (χ0) is 11.7. The third-order valence-corrected chi connectivity index (χ3v) is 3.30. The van der Waals surface area contributed by atoms with Gasteiger partial charge in [-0.15, -0.1) is 0 Å². The van der Waals surface area contributed by atoms with Gasteiger partial charge in [-0.2, -0.15) is 0 Å². The molecule has 0 saturated carbocycles. The molecule has 1 fully saturated rings. The first kappa shape index (κ1) is 10.5. The molecule has 2 aromatic heterocycles. The summed E-state index contributed by atoms with van der Waals surface area (Å²) in [5.74, 6) is 1.53. The van der Waals surface area contributed by atoms with Crippen LogP contribution in [0.4, 0.5) is 0 Å². The molecule has 1 aliphatic heterocycles. The maximum absolute atomic E-state index is 11.6. The predicted molar refractivity (Wildman–Crippen MR) is 65.1 cm³/mol. The molecule has 2 aromatic rings. The summed E-state index contributed by atoms with van der Waals surface area (Å²) in [5, 5.41) is 6.47. The van der Waals surface area contributed by atoms with Crippen molar-refractivity contribution >= 4 is 5.65 Å². The Kier molecular flexibility index (Phi) is 2.68. The van der Waals surface area contributed by atoms with Crippen LogP contribution < -0.4 is 10.9 Å². The van der Waals surface area contributed by atoms with E-state index in [1.165, 1.54) is 23.4 Å². The maximum atomic E-state index is 11.6. The summed E-state index contributed by atoms with van der Waals surface area (Å²) in [4.78, 5) is 16.0. The molecule has 17 heavy (non-hydrogen) atoms. The van der Waals surface area contributed by atoms with Crippen molar-refractivity contribution in [2.45, 2.75) is 19.3 Å². The lowest BCUT2D eigenvalue weighted by Gasteiger charge is -2.21. The maximum Gasteiger partial charge on any atom is 0.271 e. The Bertz CT molecular complexity index is 565. The Morgan fingerprint density at radius 1 is 1.47 bits per heavy atom. The fourth-order valence-electron chi connectivity index (χ4n) is 2.43. The number of aromatic nitrogens is 3. The van der Waals surface area contributed by atoms with E-state index >= 15 is 0 Å². The van der Waals surface area contributed by atoms with Crippen molar-refractivity contribution in [2.75, 3.05) is 13.1 Å². The SMILES string of the molecule is O=c1cccc2nc(CC3CCCNC3)[nH]n12. The van der Waals surface area contributed by atoms with Crippen molar-refractivity contribution < 1.29 is 0 Å². The summed E-state index contributed by atoms with van der Waals surface area (Å²) < 4.78 is 1.51. The van der Waals surface area contributed by atoms with Gasteiger partial charge in [-0.1, -0.05) is 6.07 Å². The molecule has 5 heteroatoms. The second-order valence-electron chi connectivity index (χ2n) is 4.64. The van der Waals surface area contributed by atoms with Gasteiger partial charge < -0.3 is 5.32 Å². The molecular weight excluding hydrogens is 216 g/mol. The number of rotatable bonds is 2. The van der Waals surface area contributed by atoms with Crippen molar-refractivity contribution in [3.63, 3.8) is 0 Å². The lowest BCUT2D eigenvalue weighted by molar-refractivity contribution is 0.371. The fraction of sp³-hybridized carbons (Fsp3) is 0.500. The minimum atomic E-state index is -0.0528. The Hall–Kier alpha value is -1.62. The molecule has 3 rings (SSSR count). The average molecular weight is 232 g/mol. The van der Waals surface area contributed by atoms with Crippen molar-refractivity contribution in [3.8, 4) is 0 Å². The standard InChI is InChI=1S/C12H16N4O/c17-12-5-1-4-11-14-10(15-16(11)12)7-9-3-2-6-13-8-9/h1,4-5,9,13H,2-3,6-8H2,(H,14,15). The van der Waals surface area contributed by atoms with E-state index < -0.39 is 0 Å². The molecule has 5 nitrogen and oxygen atoms in total.